The smallest absolute Gasteiger partial charge is 0.342 e. The van der Waals surface area contributed by atoms with Crippen molar-refractivity contribution in [1.82, 2.24) is 0 Å². The number of esters is 1. The lowest BCUT2D eigenvalue weighted by atomic mass is 10.1. The van der Waals surface area contributed by atoms with Crippen molar-refractivity contribution in [2.75, 3.05) is 10.9 Å². The van der Waals surface area contributed by atoms with Gasteiger partial charge < -0.3 is 9.15 Å². The monoisotopic (exact) mass is 443 g/mol. The summed E-state index contributed by atoms with van der Waals surface area (Å²) in [6.07, 6.45) is 0. The van der Waals surface area contributed by atoms with Gasteiger partial charge in [-0.1, -0.05) is 17.7 Å². The number of rotatable bonds is 5. The standard InChI is InChI=1S/C23H25NO6S/c1-7-29-23(26)21-16(5)30-20-9-8-18(12-19(20)21)24(17(6)25)31(27,28)22-14(3)10-13(2)11-15(22)4/h8-12H,7H2,1-6H3. The maximum Gasteiger partial charge on any atom is 0.342 e. The van der Waals surface area contributed by atoms with Crippen LogP contribution in [0.3, 0.4) is 0 Å². The number of fused-ring (bicyclic) bond motifs is 1. The minimum Gasteiger partial charge on any atom is -0.462 e. The van der Waals surface area contributed by atoms with E-state index in [9.17, 15) is 18.0 Å². The Balaban J connectivity index is 2.24. The first-order chi connectivity index (χ1) is 14.5. The molecule has 0 atom stereocenters. The van der Waals surface area contributed by atoms with Crippen molar-refractivity contribution in [2.24, 2.45) is 0 Å². The van der Waals surface area contributed by atoms with E-state index < -0.39 is 21.9 Å². The molecule has 2 aromatic carbocycles. The number of amides is 1. The topological polar surface area (TPSA) is 93.9 Å². The molecule has 0 spiro atoms. The molecule has 164 valence electrons. The largest absolute Gasteiger partial charge is 0.462 e. The first kappa shape index (κ1) is 22.6. The summed E-state index contributed by atoms with van der Waals surface area (Å²) in [5, 5.41) is 0.382. The highest BCUT2D eigenvalue weighted by Crippen LogP contribution is 2.34. The second-order valence-electron chi connectivity index (χ2n) is 7.45. The fourth-order valence-electron chi connectivity index (χ4n) is 3.95. The summed E-state index contributed by atoms with van der Waals surface area (Å²) >= 11 is 0. The highest BCUT2D eigenvalue weighted by atomic mass is 32.2. The molecule has 3 rings (SSSR count). The zero-order chi connectivity index (χ0) is 23.1. The van der Waals surface area contributed by atoms with Crippen LogP contribution >= 0.6 is 0 Å². The molecule has 0 fully saturated rings. The Hall–Kier alpha value is -3.13. The molecule has 0 N–H and O–H groups in total. The average molecular weight is 444 g/mol. The minimum atomic E-state index is -4.20. The molecular weight excluding hydrogens is 418 g/mol. The van der Waals surface area contributed by atoms with Crippen LogP contribution in [0.1, 0.15) is 46.7 Å². The van der Waals surface area contributed by atoms with E-state index in [0.29, 0.717) is 27.9 Å². The van der Waals surface area contributed by atoms with E-state index >= 15 is 0 Å². The molecule has 0 bridgehead atoms. The van der Waals surface area contributed by atoms with Gasteiger partial charge in [-0.15, -0.1) is 0 Å². The highest BCUT2D eigenvalue weighted by Gasteiger charge is 2.32. The third-order valence-corrected chi connectivity index (χ3v) is 7.06. The predicted molar refractivity (Wildman–Crippen MR) is 118 cm³/mol. The number of hydrogen-bond acceptors (Lipinski definition) is 6. The molecule has 0 unspecified atom stereocenters. The lowest BCUT2D eigenvalue weighted by Crippen LogP contribution is -2.36. The molecule has 8 heteroatoms. The molecular formula is C23H25NO6S. The van der Waals surface area contributed by atoms with Gasteiger partial charge >= 0.3 is 5.97 Å². The molecule has 7 nitrogen and oxygen atoms in total. The first-order valence-electron chi connectivity index (χ1n) is 9.83. The van der Waals surface area contributed by atoms with E-state index in [-0.39, 0.29) is 22.8 Å². The summed E-state index contributed by atoms with van der Waals surface area (Å²) in [4.78, 5) is 25.0. The molecule has 0 aliphatic heterocycles. The number of carbonyl (C=O) groups excluding carboxylic acids is 2. The van der Waals surface area contributed by atoms with E-state index in [1.54, 1.807) is 45.9 Å². The summed E-state index contributed by atoms with van der Waals surface area (Å²) in [6, 6.07) is 8.02. The lowest BCUT2D eigenvalue weighted by Gasteiger charge is -2.23. The Morgan fingerprint density at radius 1 is 1.03 bits per heavy atom. The van der Waals surface area contributed by atoms with Crippen LogP contribution in [0.15, 0.2) is 39.6 Å². The van der Waals surface area contributed by atoms with Crippen LogP contribution in [-0.2, 0) is 19.6 Å². The number of hydrogen-bond donors (Lipinski definition) is 0. The Morgan fingerprint density at radius 3 is 2.19 bits per heavy atom. The zero-order valence-corrected chi connectivity index (χ0v) is 19.2. The van der Waals surface area contributed by atoms with Crippen LogP contribution in [-0.4, -0.2) is 26.9 Å². The normalized spacial score (nSPS) is 11.5. The van der Waals surface area contributed by atoms with Crippen LogP contribution in [0.2, 0.25) is 0 Å². The van der Waals surface area contributed by atoms with Crippen LogP contribution in [0, 0.1) is 27.7 Å². The second kappa shape index (κ2) is 8.19. The molecule has 3 aromatic rings. The third kappa shape index (κ3) is 3.95. The number of carbonyl (C=O) groups is 2. The zero-order valence-electron chi connectivity index (χ0n) is 18.4. The summed E-state index contributed by atoms with van der Waals surface area (Å²) in [6.45, 7) is 9.98. The van der Waals surface area contributed by atoms with E-state index in [1.807, 2.05) is 6.92 Å². The first-order valence-corrected chi connectivity index (χ1v) is 11.3. The van der Waals surface area contributed by atoms with Gasteiger partial charge in [0.25, 0.3) is 10.0 Å². The van der Waals surface area contributed by atoms with Gasteiger partial charge in [-0.3, -0.25) is 4.79 Å². The van der Waals surface area contributed by atoms with Crippen LogP contribution in [0.5, 0.6) is 0 Å². The van der Waals surface area contributed by atoms with Crippen molar-refractivity contribution in [3.8, 4) is 0 Å². The van der Waals surface area contributed by atoms with Crippen molar-refractivity contribution in [2.45, 2.75) is 46.4 Å². The number of ether oxygens (including phenoxy) is 1. The average Bonchev–Trinajstić information content (AvgIpc) is 2.95. The SMILES string of the molecule is CCOC(=O)c1c(C)oc2ccc(N(C(C)=O)S(=O)(=O)c3c(C)cc(C)cc3C)cc12. The minimum absolute atomic E-state index is 0.0855. The molecule has 0 saturated carbocycles. The van der Waals surface area contributed by atoms with Crippen molar-refractivity contribution in [3.63, 3.8) is 0 Å². The molecule has 1 amide bonds. The maximum absolute atomic E-state index is 13.6. The quantitative estimate of drug-likeness (QED) is 0.536. The van der Waals surface area contributed by atoms with E-state index in [0.717, 1.165) is 9.87 Å². The van der Waals surface area contributed by atoms with Gasteiger partial charge in [0, 0.05) is 12.3 Å². The Morgan fingerprint density at radius 2 is 1.65 bits per heavy atom. The fraction of sp³-hybridized carbons (Fsp3) is 0.304. The van der Waals surface area contributed by atoms with Crippen LogP contribution in [0.25, 0.3) is 11.0 Å². The van der Waals surface area contributed by atoms with Gasteiger partial charge in [0.05, 0.1) is 17.2 Å². The number of anilines is 1. The highest BCUT2D eigenvalue weighted by molar-refractivity contribution is 7.93. The van der Waals surface area contributed by atoms with Crippen molar-refractivity contribution in [3.05, 3.63) is 58.3 Å². The van der Waals surface area contributed by atoms with E-state index in [4.69, 9.17) is 9.15 Å². The fourth-order valence-corrected chi connectivity index (χ4v) is 5.79. The van der Waals surface area contributed by atoms with Crippen LogP contribution < -0.4 is 4.31 Å². The Kier molecular flexibility index (Phi) is 5.96. The predicted octanol–water partition coefficient (Wildman–Crippen LogP) is 4.58. The van der Waals surface area contributed by atoms with Gasteiger partial charge in [0.1, 0.15) is 16.9 Å². The summed E-state index contributed by atoms with van der Waals surface area (Å²) < 4.78 is 38.7. The van der Waals surface area contributed by atoms with Gasteiger partial charge in [0.2, 0.25) is 5.91 Å². The van der Waals surface area contributed by atoms with Gasteiger partial charge in [-0.05, 0) is 63.9 Å². The number of sulfonamides is 1. The molecule has 31 heavy (non-hydrogen) atoms. The van der Waals surface area contributed by atoms with Gasteiger partial charge in [-0.25, -0.2) is 17.5 Å². The molecule has 0 saturated heterocycles. The number of nitrogens with zero attached hydrogens (tertiary/aromatic N) is 1. The Labute approximate surface area is 181 Å². The summed E-state index contributed by atoms with van der Waals surface area (Å²) in [5.74, 6) is -0.886. The third-order valence-electron chi connectivity index (χ3n) is 4.95. The van der Waals surface area contributed by atoms with E-state index in [2.05, 4.69) is 0 Å². The van der Waals surface area contributed by atoms with Crippen molar-refractivity contribution < 1.29 is 27.2 Å². The van der Waals surface area contributed by atoms with Crippen molar-refractivity contribution in [1.29, 1.82) is 0 Å². The van der Waals surface area contributed by atoms with E-state index in [1.165, 1.54) is 19.1 Å². The molecule has 1 heterocycles. The lowest BCUT2D eigenvalue weighted by molar-refractivity contribution is -0.115. The molecule has 0 aliphatic carbocycles. The van der Waals surface area contributed by atoms with Gasteiger partial charge in [-0.2, -0.15) is 0 Å². The number of benzene rings is 2. The molecule has 1 aromatic heterocycles. The summed E-state index contributed by atoms with van der Waals surface area (Å²) in [5.41, 5.74) is 2.76. The van der Waals surface area contributed by atoms with Crippen molar-refractivity contribution >= 4 is 38.6 Å². The molecule has 0 radical (unpaired) electrons. The number of aryl methyl sites for hydroxylation is 4. The molecule has 0 aliphatic rings. The van der Waals surface area contributed by atoms with Crippen LogP contribution in [0.4, 0.5) is 5.69 Å². The maximum atomic E-state index is 13.6. The second-order valence-corrected chi connectivity index (χ2v) is 9.17. The number of furan rings is 1. The van der Waals surface area contributed by atoms with Gasteiger partial charge in [0.15, 0.2) is 0 Å². The Bertz CT molecular complexity index is 1280. The summed E-state index contributed by atoms with van der Waals surface area (Å²) in [7, 11) is -4.20.